The molecule has 1 amide bonds. The first-order valence-electron chi connectivity index (χ1n) is 8.74. The standard InChI is InChI=1S/C21H26N2O3/c1-15-10-11-16(2)19(21(25)26)18(15)20(24)22-12-7-13-23(3)14-17-8-5-4-6-9-17/h4-6,8-11H,7,12-14H2,1-3H3,(H,22,24)(H,25,26). The fraction of sp³-hybridized carbons (Fsp3) is 0.333. The van der Waals surface area contributed by atoms with Gasteiger partial charge < -0.3 is 15.3 Å². The predicted molar refractivity (Wildman–Crippen MR) is 103 cm³/mol. The molecule has 0 aliphatic carbocycles. The van der Waals surface area contributed by atoms with Crippen LogP contribution >= 0.6 is 0 Å². The molecule has 0 saturated heterocycles. The van der Waals surface area contributed by atoms with Gasteiger partial charge in [-0.15, -0.1) is 0 Å². The minimum absolute atomic E-state index is 0.0868. The molecule has 26 heavy (non-hydrogen) atoms. The number of hydrogen-bond donors (Lipinski definition) is 2. The SMILES string of the molecule is Cc1ccc(C)c(C(=O)NCCCN(C)Cc2ccccc2)c1C(=O)O. The molecule has 0 aromatic heterocycles. The molecule has 2 aromatic rings. The van der Waals surface area contributed by atoms with Crippen LogP contribution in [0.4, 0.5) is 0 Å². The van der Waals surface area contributed by atoms with E-state index in [0.29, 0.717) is 17.7 Å². The van der Waals surface area contributed by atoms with E-state index in [0.717, 1.165) is 19.5 Å². The van der Waals surface area contributed by atoms with Crippen LogP contribution in [0.15, 0.2) is 42.5 Å². The van der Waals surface area contributed by atoms with Crippen molar-refractivity contribution in [2.45, 2.75) is 26.8 Å². The van der Waals surface area contributed by atoms with E-state index in [9.17, 15) is 14.7 Å². The van der Waals surface area contributed by atoms with E-state index in [1.165, 1.54) is 5.56 Å². The maximum Gasteiger partial charge on any atom is 0.336 e. The number of hydrogen-bond acceptors (Lipinski definition) is 3. The van der Waals surface area contributed by atoms with Crippen molar-refractivity contribution in [2.24, 2.45) is 0 Å². The molecule has 5 nitrogen and oxygen atoms in total. The van der Waals surface area contributed by atoms with Gasteiger partial charge in [0.2, 0.25) is 0 Å². The van der Waals surface area contributed by atoms with E-state index in [1.54, 1.807) is 26.0 Å². The number of carbonyl (C=O) groups excluding carboxylic acids is 1. The van der Waals surface area contributed by atoms with E-state index < -0.39 is 5.97 Å². The minimum Gasteiger partial charge on any atom is -0.478 e. The second-order valence-electron chi connectivity index (χ2n) is 6.59. The fourth-order valence-electron chi connectivity index (χ4n) is 2.99. The number of aromatic carboxylic acids is 1. The topological polar surface area (TPSA) is 69.6 Å². The number of carboxylic acids is 1. The Hall–Kier alpha value is -2.66. The normalized spacial score (nSPS) is 10.8. The van der Waals surface area contributed by atoms with E-state index >= 15 is 0 Å². The first kappa shape index (κ1) is 19.7. The Kier molecular flexibility index (Phi) is 6.92. The Labute approximate surface area is 154 Å². The quantitative estimate of drug-likeness (QED) is 0.714. The molecule has 0 radical (unpaired) electrons. The molecule has 0 heterocycles. The monoisotopic (exact) mass is 354 g/mol. The highest BCUT2D eigenvalue weighted by Crippen LogP contribution is 2.18. The summed E-state index contributed by atoms with van der Waals surface area (Å²) >= 11 is 0. The van der Waals surface area contributed by atoms with Gasteiger partial charge in [0.15, 0.2) is 0 Å². The molecular formula is C21H26N2O3. The Bertz CT molecular complexity index is 772. The van der Waals surface area contributed by atoms with Crippen molar-refractivity contribution in [3.05, 3.63) is 70.3 Å². The van der Waals surface area contributed by atoms with Crippen LogP contribution in [0.5, 0.6) is 0 Å². The third kappa shape index (κ3) is 5.17. The van der Waals surface area contributed by atoms with E-state index in [1.807, 2.05) is 25.2 Å². The van der Waals surface area contributed by atoms with E-state index in [2.05, 4.69) is 22.3 Å². The van der Waals surface area contributed by atoms with Crippen LogP contribution in [-0.4, -0.2) is 42.0 Å². The zero-order chi connectivity index (χ0) is 19.1. The number of rotatable bonds is 8. The molecule has 0 aliphatic heterocycles. The van der Waals surface area contributed by atoms with Crippen LogP contribution in [0.3, 0.4) is 0 Å². The summed E-state index contributed by atoms with van der Waals surface area (Å²) in [4.78, 5) is 26.2. The Morgan fingerprint density at radius 1 is 1.00 bits per heavy atom. The van der Waals surface area contributed by atoms with Gasteiger partial charge in [0.25, 0.3) is 5.91 Å². The second kappa shape index (κ2) is 9.15. The summed E-state index contributed by atoms with van der Waals surface area (Å²) in [6.07, 6.45) is 0.794. The summed E-state index contributed by atoms with van der Waals surface area (Å²) in [5.41, 5.74) is 2.86. The van der Waals surface area contributed by atoms with Crippen LogP contribution < -0.4 is 5.32 Å². The van der Waals surface area contributed by atoms with Gasteiger partial charge in [-0.1, -0.05) is 42.5 Å². The average Bonchev–Trinajstić information content (AvgIpc) is 2.60. The summed E-state index contributed by atoms with van der Waals surface area (Å²) in [5.74, 6) is -1.40. The largest absolute Gasteiger partial charge is 0.478 e. The van der Waals surface area contributed by atoms with Crippen molar-refractivity contribution in [1.82, 2.24) is 10.2 Å². The van der Waals surface area contributed by atoms with Gasteiger partial charge in [-0.2, -0.15) is 0 Å². The third-order valence-corrected chi connectivity index (χ3v) is 4.36. The minimum atomic E-state index is -1.07. The number of nitrogens with zero attached hydrogens (tertiary/aromatic N) is 1. The molecule has 2 aromatic carbocycles. The van der Waals surface area contributed by atoms with Gasteiger partial charge in [-0.3, -0.25) is 4.79 Å². The van der Waals surface area contributed by atoms with Crippen molar-refractivity contribution >= 4 is 11.9 Å². The van der Waals surface area contributed by atoms with Gasteiger partial charge in [-0.05, 0) is 50.6 Å². The highest BCUT2D eigenvalue weighted by molar-refractivity contribution is 6.06. The Balaban J connectivity index is 1.88. The zero-order valence-corrected chi connectivity index (χ0v) is 15.6. The molecule has 0 fully saturated rings. The molecule has 0 unspecified atom stereocenters. The van der Waals surface area contributed by atoms with Crippen molar-refractivity contribution in [3.63, 3.8) is 0 Å². The highest BCUT2D eigenvalue weighted by Gasteiger charge is 2.20. The maximum absolute atomic E-state index is 12.5. The molecule has 5 heteroatoms. The summed E-state index contributed by atoms with van der Waals surface area (Å²) in [7, 11) is 2.04. The molecule has 0 aliphatic rings. The summed E-state index contributed by atoms with van der Waals surface area (Å²) in [6, 6.07) is 13.7. The number of amides is 1. The lowest BCUT2D eigenvalue weighted by molar-refractivity contribution is 0.0690. The van der Waals surface area contributed by atoms with Crippen molar-refractivity contribution in [2.75, 3.05) is 20.1 Å². The predicted octanol–water partition coefficient (Wildman–Crippen LogP) is 3.25. The lowest BCUT2D eigenvalue weighted by Crippen LogP contribution is -2.30. The number of carbonyl (C=O) groups is 2. The van der Waals surface area contributed by atoms with Crippen molar-refractivity contribution < 1.29 is 14.7 Å². The Morgan fingerprint density at radius 2 is 1.62 bits per heavy atom. The summed E-state index contributed by atoms with van der Waals surface area (Å²) < 4.78 is 0. The van der Waals surface area contributed by atoms with Crippen molar-refractivity contribution in [3.8, 4) is 0 Å². The third-order valence-electron chi connectivity index (χ3n) is 4.36. The van der Waals surface area contributed by atoms with Crippen molar-refractivity contribution in [1.29, 1.82) is 0 Å². The summed E-state index contributed by atoms with van der Waals surface area (Å²) in [6.45, 7) is 5.67. The van der Waals surface area contributed by atoms with Gasteiger partial charge in [-0.25, -0.2) is 4.79 Å². The average molecular weight is 354 g/mol. The molecule has 0 bridgehead atoms. The molecule has 0 atom stereocenters. The van der Waals surface area contributed by atoms with E-state index in [4.69, 9.17) is 0 Å². The van der Waals surface area contributed by atoms with Gasteiger partial charge >= 0.3 is 5.97 Å². The molecule has 0 spiro atoms. The van der Waals surface area contributed by atoms with Gasteiger partial charge in [0.05, 0.1) is 11.1 Å². The van der Waals surface area contributed by atoms with Gasteiger partial charge in [0, 0.05) is 13.1 Å². The molecular weight excluding hydrogens is 328 g/mol. The van der Waals surface area contributed by atoms with Crippen LogP contribution in [-0.2, 0) is 6.54 Å². The lowest BCUT2D eigenvalue weighted by Gasteiger charge is -2.17. The number of nitrogens with one attached hydrogen (secondary N) is 1. The van der Waals surface area contributed by atoms with Crippen LogP contribution in [0, 0.1) is 13.8 Å². The smallest absolute Gasteiger partial charge is 0.336 e. The van der Waals surface area contributed by atoms with Crippen LogP contribution in [0.1, 0.15) is 43.8 Å². The molecule has 2 N–H and O–H groups in total. The maximum atomic E-state index is 12.5. The molecule has 2 rings (SSSR count). The van der Waals surface area contributed by atoms with Gasteiger partial charge in [0.1, 0.15) is 0 Å². The van der Waals surface area contributed by atoms with Crippen LogP contribution in [0.25, 0.3) is 0 Å². The Morgan fingerprint density at radius 3 is 2.23 bits per heavy atom. The van der Waals surface area contributed by atoms with E-state index in [-0.39, 0.29) is 17.0 Å². The first-order valence-corrected chi connectivity index (χ1v) is 8.74. The second-order valence-corrected chi connectivity index (χ2v) is 6.59. The van der Waals surface area contributed by atoms with Crippen LogP contribution in [0.2, 0.25) is 0 Å². The molecule has 0 saturated carbocycles. The number of aryl methyl sites for hydroxylation is 2. The zero-order valence-electron chi connectivity index (χ0n) is 15.6. The molecule has 138 valence electrons. The lowest BCUT2D eigenvalue weighted by atomic mass is 9.96. The fourth-order valence-corrected chi connectivity index (χ4v) is 2.99. The highest BCUT2D eigenvalue weighted by atomic mass is 16.4. The number of carboxylic acid groups (broad SMARTS) is 1. The summed E-state index contributed by atoms with van der Waals surface area (Å²) in [5, 5.41) is 12.3. The number of benzene rings is 2. The first-order chi connectivity index (χ1) is 12.4.